The molecule has 2 aromatic carbocycles. The van der Waals surface area contributed by atoms with E-state index in [1.165, 1.54) is 0 Å². The fraction of sp³-hybridized carbons (Fsp3) is 0.400. The fourth-order valence-corrected chi connectivity index (χ4v) is 3.74. The zero-order chi connectivity index (χ0) is 22.8. The first kappa shape index (κ1) is 22.5. The second-order valence-corrected chi connectivity index (χ2v) is 8.47. The van der Waals surface area contributed by atoms with Gasteiger partial charge in [-0.25, -0.2) is 0 Å². The van der Waals surface area contributed by atoms with Gasteiger partial charge in [-0.3, -0.25) is 4.79 Å². The number of nitrogens with zero attached hydrogens (tertiary/aromatic N) is 1. The summed E-state index contributed by atoms with van der Waals surface area (Å²) in [5, 5.41) is 0. The van der Waals surface area contributed by atoms with E-state index in [9.17, 15) is 4.79 Å². The van der Waals surface area contributed by atoms with E-state index >= 15 is 0 Å². The molecule has 0 aliphatic carbocycles. The van der Waals surface area contributed by atoms with Crippen molar-refractivity contribution in [3.63, 3.8) is 0 Å². The Kier molecular flexibility index (Phi) is 6.48. The molecule has 1 amide bonds. The lowest BCUT2D eigenvalue weighted by Gasteiger charge is -2.36. The van der Waals surface area contributed by atoms with Gasteiger partial charge in [0.2, 0.25) is 5.91 Å². The Labute approximate surface area is 184 Å². The fourth-order valence-electron chi connectivity index (χ4n) is 3.74. The quantitative estimate of drug-likeness (QED) is 0.698. The number of methoxy groups -OCH3 is 4. The molecule has 0 aromatic heterocycles. The van der Waals surface area contributed by atoms with Crippen LogP contribution < -0.4 is 18.9 Å². The highest BCUT2D eigenvalue weighted by Gasteiger charge is 2.33. The van der Waals surface area contributed by atoms with Crippen LogP contribution in [0.15, 0.2) is 30.3 Å². The first-order valence-corrected chi connectivity index (χ1v) is 10.2. The molecule has 1 aliphatic rings. The maximum absolute atomic E-state index is 13.3. The van der Waals surface area contributed by atoms with Gasteiger partial charge >= 0.3 is 0 Å². The summed E-state index contributed by atoms with van der Waals surface area (Å²) in [6.07, 6.45) is 2.75. The van der Waals surface area contributed by atoms with Gasteiger partial charge in [0.15, 0.2) is 23.0 Å². The van der Waals surface area contributed by atoms with E-state index in [2.05, 4.69) is 0 Å². The summed E-state index contributed by atoms with van der Waals surface area (Å²) < 4.78 is 21.8. The van der Waals surface area contributed by atoms with Crippen molar-refractivity contribution in [3.05, 3.63) is 47.0 Å². The summed E-state index contributed by atoms with van der Waals surface area (Å²) in [5.74, 6) is 2.67. The van der Waals surface area contributed by atoms with Gasteiger partial charge in [0.1, 0.15) is 0 Å². The number of carbonyl (C=O) groups is 1. The molecular formula is C25H31NO5. The summed E-state index contributed by atoms with van der Waals surface area (Å²) in [5.41, 5.74) is 3.29. The van der Waals surface area contributed by atoms with Crippen LogP contribution in [0.25, 0.3) is 11.8 Å². The molecule has 0 saturated heterocycles. The van der Waals surface area contributed by atoms with Gasteiger partial charge in [-0.1, -0.05) is 26.8 Å². The monoisotopic (exact) mass is 425 g/mol. The van der Waals surface area contributed by atoms with Crippen LogP contribution in [0.3, 0.4) is 0 Å². The number of benzene rings is 2. The third-order valence-electron chi connectivity index (χ3n) is 5.38. The molecule has 31 heavy (non-hydrogen) atoms. The second kappa shape index (κ2) is 8.92. The van der Waals surface area contributed by atoms with Crippen LogP contribution in [-0.4, -0.2) is 45.8 Å². The van der Waals surface area contributed by atoms with Gasteiger partial charge in [-0.05, 0) is 47.9 Å². The van der Waals surface area contributed by atoms with Crippen LogP contribution in [0.4, 0.5) is 0 Å². The molecule has 6 heteroatoms. The standard InChI is InChI=1S/C25H31NO5/c1-25(2,3)24(27)26-11-10-17-14-22(30-6)23(31-7)15-18(17)19(26)12-16-8-9-20(28-4)21(13-16)29-5/h8-9,12-15H,10-11H2,1-7H3/b19-12-. The summed E-state index contributed by atoms with van der Waals surface area (Å²) in [4.78, 5) is 15.2. The van der Waals surface area contributed by atoms with Gasteiger partial charge in [0, 0.05) is 17.5 Å². The maximum atomic E-state index is 13.3. The molecule has 0 radical (unpaired) electrons. The molecule has 0 bridgehead atoms. The highest BCUT2D eigenvalue weighted by Crippen LogP contribution is 2.40. The van der Waals surface area contributed by atoms with Crippen molar-refractivity contribution in [2.45, 2.75) is 27.2 Å². The minimum Gasteiger partial charge on any atom is -0.493 e. The molecule has 0 N–H and O–H groups in total. The van der Waals surface area contributed by atoms with Gasteiger partial charge in [0.05, 0.1) is 34.1 Å². The number of carbonyl (C=O) groups excluding carboxylic acids is 1. The summed E-state index contributed by atoms with van der Waals surface area (Å²) in [7, 11) is 6.46. The molecule has 1 heterocycles. The molecule has 0 fully saturated rings. The van der Waals surface area contributed by atoms with Gasteiger partial charge in [-0.2, -0.15) is 0 Å². The molecule has 1 aliphatic heterocycles. The summed E-state index contributed by atoms with van der Waals surface area (Å²) >= 11 is 0. The minimum atomic E-state index is -0.509. The Morgan fingerprint density at radius 2 is 1.45 bits per heavy atom. The molecular weight excluding hydrogens is 394 g/mol. The maximum Gasteiger partial charge on any atom is 0.232 e. The normalized spacial score (nSPS) is 14.8. The molecule has 0 saturated carbocycles. The minimum absolute atomic E-state index is 0.0691. The van der Waals surface area contributed by atoms with E-state index in [1.54, 1.807) is 28.4 Å². The molecule has 0 spiro atoms. The van der Waals surface area contributed by atoms with E-state index < -0.39 is 5.41 Å². The summed E-state index contributed by atoms with van der Waals surface area (Å²) in [6.45, 7) is 6.41. The average molecular weight is 426 g/mol. The molecule has 166 valence electrons. The number of hydrogen-bond donors (Lipinski definition) is 0. The lowest BCUT2D eigenvalue weighted by molar-refractivity contribution is -0.136. The van der Waals surface area contributed by atoms with Crippen molar-refractivity contribution in [2.75, 3.05) is 35.0 Å². The SMILES string of the molecule is COc1ccc(/C=C2/c3cc(OC)c(OC)cc3CCN2C(=O)C(C)(C)C)cc1OC. The Morgan fingerprint density at radius 3 is 2.03 bits per heavy atom. The van der Waals surface area contributed by atoms with Crippen molar-refractivity contribution >= 4 is 17.7 Å². The Hall–Kier alpha value is -3.15. The van der Waals surface area contributed by atoms with Gasteiger partial charge < -0.3 is 23.8 Å². The topological polar surface area (TPSA) is 57.2 Å². The zero-order valence-electron chi connectivity index (χ0n) is 19.4. The van der Waals surface area contributed by atoms with E-state index in [1.807, 2.05) is 62.1 Å². The predicted octanol–water partition coefficient (Wildman–Crippen LogP) is 4.65. The number of hydrogen-bond acceptors (Lipinski definition) is 5. The van der Waals surface area contributed by atoms with Gasteiger partial charge in [0.25, 0.3) is 0 Å². The number of ether oxygens (including phenoxy) is 4. The largest absolute Gasteiger partial charge is 0.493 e. The van der Waals surface area contributed by atoms with E-state index in [4.69, 9.17) is 18.9 Å². The molecule has 3 rings (SSSR count). The van der Waals surface area contributed by atoms with E-state index in [0.717, 1.165) is 28.8 Å². The third kappa shape index (κ3) is 4.48. The number of rotatable bonds is 5. The Bertz CT molecular complexity index is 1000. The van der Waals surface area contributed by atoms with Crippen LogP contribution in [-0.2, 0) is 11.2 Å². The van der Waals surface area contributed by atoms with Crippen molar-refractivity contribution in [2.24, 2.45) is 5.41 Å². The van der Waals surface area contributed by atoms with Crippen LogP contribution in [0.2, 0.25) is 0 Å². The van der Waals surface area contributed by atoms with Crippen molar-refractivity contribution < 1.29 is 23.7 Å². The molecule has 2 aromatic rings. The van der Waals surface area contributed by atoms with E-state index in [0.29, 0.717) is 29.5 Å². The van der Waals surface area contributed by atoms with Crippen LogP contribution in [0.1, 0.15) is 37.5 Å². The first-order chi connectivity index (χ1) is 14.7. The van der Waals surface area contributed by atoms with E-state index in [-0.39, 0.29) is 5.91 Å². The summed E-state index contributed by atoms with van der Waals surface area (Å²) in [6, 6.07) is 9.65. The van der Waals surface area contributed by atoms with Crippen molar-refractivity contribution in [1.82, 2.24) is 4.90 Å². The molecule has 6 nitrogen and oxygen atoms in total. The van der Waals surface area contributed by atoms with Crippen LogP contribution in [0.5, 0.6) is 23.0 Å². The van der Waals surface area contributed by atoms with Crippen molar-refractivity contribution in [3.8, 4) is 23.0 Å². The average Bonchev–Trinajstić information content (AvgIpc) is 2.77. The Balaban J connectivity index is 2.20. The smallest absolute Gasteiger partial charge is 0.232 e. The lowest BCUT2D eigenvalue weighted by Crippen LogP contribution is -2.41. The zero-order valence-corrected chi connectivity index (χ0v) is 19.4. The highest BCUT2D eigenvalue weighted by atomic mass is 16.5. The number of fused-ring (bicyclic) bond motifs is 1. The number of amides is 1. The first-order valence-electron chi connectivity index (χ1n) is 10.2. The lowest BCUT2D eigenvalue weighted by atomic mass is 9.89. The van der Waals surface area contributed by atoms with Crippen LogP contribution >= 0.6 is 0 Å². The highest BCUT2D eigenvalue weighted by molar-refractivity contribution is 5.96. The third-order valence-corrected chi connectivity index (χ3v) is 5.38. The van der Waals surface area contributed by atoms with Crippen molar-refractivity contribution in [1.29, 1.82) is 0 Å². The Morgan fingerprint density at radius 1 is 0.871 bits per heavy atom. The van der Waals surface area contributed by atoms with Crippen LogP contribution in [0, 0.1) is 5.41 Å². The predicted molar refractivity (Wildman–Crippen MR) is 122 cm³/mol. The van der Waals surface area contributed by atoms with Gasteiger partial charge in [-0.15, -0.1) is 0 Å². The molecule has 0 unspecified atom stereocenters. The molecule has 0 atom stereocenters. The second-order valence-electron chi connectivity index (χ2n) is 8.47.